The van der Waals surface area contributed by atoms with Crippen molar-refractivity contribution in [3.8, 4) is 0 Å². The first-order valence-corrected chi connectivity index (χ1v) is 8.43. The number of pyridine rings is 1. The highest BCUT2D eigenvalue weighted by Crippen LogP contribution is 2.37. The number of halogens is 4. The van der Waals surface area contributed by atoms with Gasteiger partial charge in [-0.05, 0) is 25.5 Å². The molecule has 0 aromatic carbocycles. The molecule has 0 aliphatic rings. The largest absolute Gasteiger partial charge is 0.433 e. The van der Waals surface area contributed by atoms with Gasteiger partial charge in [-0.2, -0.15) is 13.2 Å². The minimum absolute atomic E-state index is 0.0661. The Morgan fingerprint density at radius 2 is 1.96 bits per heavy atom. The molecule has 0 saturated carbocycles. The van der Waals surface area contributed by atoms with Crippen LogP contribution in [0.5, 0.6) is 0 Å². The van der Waals surface area contributed by atoms with Crippen molar-refractivity contribution in [2.24, 2.45) is 0 Å². The molecule has 1 atom stereocenters. The number of nitrogens with zero attached hydrogens (tertiary/aromatic N) is 3. The lowest BCUT2D eigenvalue weighted by molar-refractivity contribution is -0.141. The fraction of sp³-hybridized carbons (Fsp3) is 0.267. The second kappa shape index (κ2) is 6.38. The van der Waals surface area contributed by atoms with Crippen molar-refractivity contribution in [3.63, 3.8) is 0 Å². The van der Waals surface area contributed by atoms with Gasteiger partial charge in [-0.3, -0.25) is 0 Å². The molecule has 0 saturated heterocycles. The summed E-state index contributed by atoms with van der Waals surface area (Å²) in [5, 5.41) is 0.826. The number of rotatable bonds is 3. The highest BCUT2D eigenvalue weighted by molar-refractivity contribution is 7.99. The number of nitrogen functional groups attached to an aromatic ring is 1. The molecule has 0 bridgehead atoms. The first-order chi connectivity index (χ1) is 11.6. The number of hydrogen-bond donors (Lipinski definition) is 2. The average molecular weight is 388 g/mol. The SMILES string of the molecule is Cc1c[nH]c2c(Cl)nc(C(C)Sc3nc(N)cc(C(F)(F)F)n3)cc12. The molecular formula is C15H13ClF3N5S. The van der Waals surface area contributed by atoms with Crippen LogP contribution in [0.3, 0.4) is 0 Å². The summed E-state index contributed by atoms with van der Waals surface area (Å²) in [7, 11) is 0. The van der Waals surface area contributed by atoms with E-state index in [1.165, 1.54) is 0 Å². The second-order valence-corrected chi connectivity index (χ2v) is 7.12. The lowest BCUT2D eigenvalue weighted by Gasteiger charge is -2.13. The third-order valence-corrected chi connectivity index (χ3v) is 4.83. The molecule has 0 aliphatic heterocycles. The van der Waals surface area contributed by atoms with Gasteiger partial charge in [-0.1, -0.05) is 23.4 Å². The number of anilines is 1. The van der Waals surface area contributed by atoms with Gasteiger partial charge in [0, 0.05) is 17.6 Å². The number of nitrogens with two attached hydrogens (primary N) is 1. The first kappa shape index (κ1) is 17.8. The molecule has 3 heterocycles. The summed E-state index contributed by atoms with van der Waals surface area (Å²) in [6, 6.07) is 2.56. The first-order valence-electron chi connectivity index (χ1n) is 7.17. The molecule has 5 nitrogen and oxygen atoms in total. The summed E-state index contributed by atoms with van der Waals surface area (Å²) in [6.07, 6.45) is -2.77. The molecule has 3 N–H and O–H groups in total. The minimum Gasteiger partial charge on any atom is -0.384 e. The summed E-state index contributed by atoms with van der Waals surface area (Å²) in [5.74, 6) is -0.236. The summed E-state index contributed by atoms with van der Waals surface area (Å²) in [5.41, 5.74) is 6.73. The Labute approximate surface area is 150 Å². The van der Waals surface area contributed by atoms with Crippen molar-refractivity contribution < 1.29 is 13.2 Å². The fourth-order valence-electron chi connectivity index (χ4n) is 2.31. The van der Waals surface area contributed by atoms with E-state index in [9.17, 15) is 13.2 Å². The van der Waals surface area contributed by atoms with Crippen molar-refractivity contribution in [2.75, 3.05) is 5.73 Å². The van der Waals surface area contributed by atoms with Crippen LogP contribution < -0.4 is 5.73 Å². The third kappa shape index (κ3) is 3.67. The number of H-pyrrole nitrogens is 1. The highest BCUT2D eigenvalue weighted by Gasteiger charge is 2.33. The molecule has 3 aromatic heterocycles. The van der Waals surface area contributed by atoms with Crippen molar-refractivity contribution in [2.45, 2.75) is 30.4 Å². The number of fused-ring (bicyclic) bond motifs is 1. The van der Waals surface area contributed by atoms with Gasteiger partial charge in [0.15, 0.2) is 16.0 Å². The maximum absolute atomic E-state index is 12.9. The Kier molecular flexibility index (Phi) is 4.54. The quantitative estimate of drug-likeness (QED) is 0.384. The van der Waals surface area contributed by atoms with Crippen LogP contribution >= 0.6 is 23.4 Å². The van der Waals surface area contributed by atoms with E-state index in [2.05, 4.69) is 19.9 Å². The standard InChI is InChI=1S/C15H13ClF3N5S/c1-6-5-21-12-8(6)3-9(22-13(12)16)7(2)25-14-23-10(15(17,18)19)4-11(20)24-14/h3-5,7,21H,1-2H3,(H2,20,23,24). The van der Waals surface area contributed by atoms with Gasteiger partial charge in [-0.25, -0.2) is 15.0 Å². The van der Waals surface area contributed by atoms with Gasteiger partial charge >= 0.3 is 6.18 Å². The second-order valence-electron chi connectivity index (χ2n) is 5.45. The van der Waals surface area contributed by atoms with Crippen molar-refractivity contribution >= 4 is 40.1 Å². The fourth-order valence-corrected chi connectivity index (χ4v) is 3.43. The molecule has 0 radical (unpaired) electrons. The monoisotopic (exact) mass is 387 g/mol. The van der Waals surface area contributed by atoms with Gasteiger partial charge in [0.2, 0.25) is 0 Å². The van der Waals surface area contributed by atoms with E-state index in [0.717, 1.165) is 28.2 Å². The molecule has 0 spiro atoms. The minimum atomic E-state index is -4.59. The van der Waals surface area contributed by atoms with Crippen LogP contribution in [0.1, 0.15) is 29.1 Å². The smallest absolute Gasteiger partial charge is 0.384 e. The van der Waals surface area contributed by atoms with E-state index in [0.29, 0.717) is 16.9 Å². The van der Waals surface area contributed by atoms with Gasteiger partial charge in [0.05, 0.1) is 16.5 Å². The summed E-state index contributed by atoms with van der Waals surface area (Å²) >= 11 is 7.21. The van der Waals surface area contributed by atoms with Crippen molar-refractivity contribution in [1.29, 1.82) is 0 Å². The summed E-state index contributed by atoms with van der Waals surface area (Å²) in [4.78, 5) is 14.8. The molecule has 1 unspecified atom stereocenters. The van der Waals surface area contributed by atoms with Crippen LogP contribution in [0.15, 0.2) is 23.5 Å². The zero-order valence-corrected chi connectivity index (χ0v) is 14.7. The number of nitrogens with one attached hydrogen (secondary N) is 1. The lowest BCUT2D eigenvalue weighted by atomic mass is 10.2. The molecule has 25 heavy (non-hydrogen) atoms. The van der Waals surface area contributed by atoms with E-state index in [1.54, 1.807) is 6.92 Å². The number of aryl methyl sites for hydroxylation is 1. The lowest BCUT2D eigenvalue weighted by Crippen LogP contribution is -2.11. The van der Waals surface area contributed by atoms with E-state index in [-0.39, 0.29) is 16.2 Å². The topological polar surface area (TPSA) is 80.5 Å². The molecule has 10 heteroatoms. The van der Waals surface area contributed by atoms with Crippen LogP contribution in [0.4, 0.5) is 19.0 Å². The van der Waals surface area contributed by atoms with Crippen LogP contribution in [-0.4, -0.2) is 19.9 Å². The number of thioether (sulfide) groups is 1. The van der Waals surface area contributed by atoms with Gasteiger partial charge in [0.25, 0.3) is 0 Å². The number of hydrogen-bond acceptors (Lipinski definition) is 5. The molecule has 0 aliphatic carbocycles. The zero-order valence-electron chi connectivity index (χ0n) is 13.1. The van der Waals surface area contributed by atoms with E-state index in [4.69, 9.17) is 17.3 Å². The molecular weight excluding hydrogens is 375 g/mol. The number of aromatic nitrogens is 4. The number of alkyl halides is 3. The van der Waals surface area contributed by atoms with Crippen LogP contribution in [0.25, 0.3) is 10.9 Å². The van der Waals surface area contributed by atoms with Crippen molar-refractivity contribution in [1.82, 2.24) is 19.9 Å². The summed E-state index contributed by atoms with van der Waals surface area (Å²) < 4.78 is 38.6. The van der Waals surface area contributed by atoms with Crippen molar-refractivity contribution in [3.05, 3.63) is 40.4 Å². The van der Waals surface area contributed by atoms with Gasteiger partial charge < -0.3 is 10.7 Å². The van der Waals surface area contributed by atoms with Crippen LogP contribution in [0.2, 0.25) is 5.15 Å². The molecule has 0 fully saturated rings. The summed E-state index contributed by atoms with van der Waals surface area (Å²) in [6.45, 7) is 3.71. The maximum atomic E-state index is 12.9. The Balaban J connectivity index is 1.94. The predicted molar refractivity (Wildman–Crippen MR) is 91.6 cm³/mol. The van der Waals surface area contributed by atoms with Crippen LogP contribution in [-0.2, 0) is 6.18 Å². The van der Waals surface area contributed by atoms with Gasteiger partial charge in [0.1, 0.15) is 5.82 Å². The Morgan fingerprint density at radius 1 is 1.24 bits per heavy atom. The Hall–Kier alpha value is -2.00. The maximum Gasteiger partial charge on any atom is 0.433 e. The highest BCUT2D eigenvalue weighted by atomic mass is 35.5. The predicted octanol–water partition coefficient (Wildman–Crippen LogP) is 4.77. The normalized spacial score (nSPS) is 13.4. The molecule has 132 valence electrons. The average Bonchev–Trinajstić information content (AvgIpc) is 2.88. The third-order valence-electron chi connectivity index (χ3n) is 3.57. The van der Waals surface area contributed by atoms with E-state index < -0.39 is 11.9 Å². The van der Waals surface area contributed by atoms with Gasteiger partial charge in [-0.15, -0.1) is 0 Å². The Bertz CT molecular complexity index is 941. The Morgan fingerprint density at radius 3 is 2.64 bits per heavy atom. The zero-order chi connectivity index (χ0) is 18.4. The van der Waals surface area contributed by atoms with E-state index >= 15 is 0 Å². The van der Waals surface area contributed by atoms with Crippen LogP contribution in [0, 0.1) is 6.92 Å². The number of aromatic amines is 1. The molecule has 0 amide bonds. The van der Waals surface area contributed by atoms with E-state index in [1.807, 2.05) is 19.2 Å². The molecule has 3 rings (SSSR count). The molecule has 3 aromatic rings.